The molecular weight excluding hydrogens is 1020 g/mol. The second-order valence-corrected chi connectivity index (χ2v) is 26.6. The van der Waals surface area contributed by atoms with Crippen LogP contribution in [0.3, 0.4) is 0 Å². The Morgan fingerprint density at radius 1 is 0.205 bits per heavy atom. The Labute approximate surface area is 519 Å². The molecule has 0 aliphatic heterocycles. The number of rotatable bonds is 72. The quantitative estimate of drug-likeness (QED) is 0.0341. The summed E-state index contributed by atoms with van der Waals surface area (Å²) in [6.07, 6.45) is 78.3. The molecule has 0 aliphatic rings. The van der Waals surface area contributed by atoms with Gasteiger partial charge in [0.2, 0.25) is 0 Å². The van der Waals surface area contributed by atoms with E-state index in [0.717, 1.165) is 70.6 Å². The van der Waals surface area contributed by atoms with Crippen LogP contribution in [0, 0.1) is 5.41 Å². The Hall–Kier alpha value is -1.63. The first kappa shape index (κ1) is 81.4. The van der Waals surface area contributed by atoms with E-state index in [4.69, 9.17) is 18.9 Å². The first-order valence-electron chi connectivity index (χ1n) is 38.0. The van der Waals surface area contributed by atoms with Crippen LogP contribution in [0.5, 0.6) is 0 Å². The second kappa shape index (κ2) is 69.5. The van der Waals surface area contributed by atoms with Crippen LogP contribution >= 0.6 is 0 Å². The van der Waals surface area contributed by atoms with Crippen molar-refractivity contribution in [3.8, 4) is 0 Å². The van der Waals surface area contributed by atoms with Crippen molar-refractivity contribution >= 4 is 17.9 Å². The van der Waals surface area contributed by atoms with E-state index in [9.17, 15) is 14.4 Å². The number of hydrogen-bond acceptors (Lipinski definition) is 7. The van der Waals surface area contributed by atoms with Crippen LogP contribution in [0.4, 0.5) is 0 Å². The zero-order chi connectivity index (χ0) is 60.1. The molecule has 0 saturated heterocycles. The molecule has 7 nitrogen and oxygen atoms in total. The first-order chi connectivity index (χ1) is 40.9. The highest BCUT2D eigenvalue weighted by atomic mass is 16.6. The number of ether oxygens (including phenoxy) is 4. The van der Waals surface area contributed by atoms with Crippen molar-refractivity contribution in [2.45, 2.75) is 432 Å². The molecule has 0 saturated carbocycles. The molecule has 0 fully saturated rings. The van der Waals surface area contributed by atoms with Crippen molar-refractivity contribution < 1.29 is 33.3 Å². The summed E-state index contributed by atoms with van der Waals surface area (Å²) in [5.74, 6) is -0.709. The fraction of sp³-hybridized carbons (Fsp3) is 0.961. The third-order valence-corrected chi connectivity index (χ3v) is 17.9. The van der Waals surface area contributed by atoms with Crippen LogP contribution in [-0.2, 0) is 33.3 Å². The molecule has 83 heavy (non-hydrogen) atoms. The number of unbranched alkanes of at least 4 members (excludes halogenated alkanes) is 56. The average molecular weight is 1170 g/mol. The molecule has 0 unspecified atom stereocenters. The molecule has 0 aliphatic carbocycles. The highest BCUT2D eigenvalue weighted by molar-refractivity contribution is 5.70. The van der Waals surface area contributed by atoms with Crippen molar-refractivity contribution in [1.82, 2.24) is 0 Å². The Kier molecular flexibility index (Phi) is 68.1. The number of hydrogen-bond donors (Lipinski definition) is 0. The normalized spacial score (nSPS) is 11.7. The van der Waals surface area contributed by atoms with Gasteiger partial charge in [0.25, 0.3) is 0 Å². The summed E-state index contributed by atoms with van der Waals surface area (Å²) in [6.45, 7) is 9.93. The van der Waals surface area contributed by atoms with Crippen molar-refractivity contribution in [2.24, 2.45) is 5.41 Å². The van der Waals surface area contributed by atoms with Crippen molar-refractivity contribution in [3.63, 3.8) is 0 Å². The minimum atomic E-state index is -0.963. The van der Waals surface area contributed by atoms with E-state index >= 15 is 0 Å². The lowest BCUT2D eigenvalue weighted by Crippen LogP contribution is -2.43. The molecule has 0 aromatic carbocycles. The van der Waals surface area contributed by atoms with Crippen LogP contribution in [0.1, 0.15) is 432 Å². The third-order valence-electron chi connectivity index (χ3n) is 17.9. The average Bonchev–Trinajstić information content (AvgIpc) is 3.55. The van der Waals surface area contributed by atoms with E-state index in [1.54, 1.807) is 0 Å². The molecule has 0 N–H and O–H groups in total. The summed E-state index contributed by atoms with van der Waals surface area (Å²) in [5, 5.41) is 0. The molecule has 0 amide bonds. The van der Waals surface area contributed by atoms with Crippen LogP contribution in [0.2, 0.25) is 0 Å². The van der Waals surface area contributed by atoms with Crippen LogP contribution in [0.25, 0.3) is 0 Å². The highest BCUT2D eigenvalue weighted by Gasteiger charge is 2.36. The van der Waals surface area contributed by atoms with Gasteiger partial charge >= 0.3 is 17.9 Å². The van der Waals surface area contributed by atoms with Gasteiger partial charge in [-0.15, -0.1) is 0 Å². The van der Waals surface area contributed by atoms with E-state index in [1.165, 1.54) is 315 Å². The van der Waals surface area contributed by atoms with Crippen molar-refractivity contribution in [2.75, 3.05) is 33.0 Å². The van der Waals surface area contributed by atoms with Gasteiger partial charge in [0, 0.05) is 25.9 Å². The lowest BCUT2D eigenvalue weighted by Gasteiger charge is -2.32. The van der Waals surface area contributed by atoms with Gasteiger partial charge in [-0.05, 0) is 25.7 Å². The zero-order valence-electron chi connectivity index (χ0n) is 56.9. The van der Waals surface area contributed by atoms with E-state index in [2.05, 4.69) is 27.7 Å². The smallest absolute Gasteiger partial charge is 0.305 e. The van der Waals surface area contributed by atoms with Gasteiger partial charge in [-0.25, -0.2) is 0 Å². The summed E-state index contributed by atoms with van der Waals surface area (Å²) in [7, 11) is 0. The SMILES string of the molecule is CCCCCCCCCCCCCCCCCOCC(COC(=O)CCCCCCCCCCCCCCCCC)(COC(=O)CCCCCCCCCCCCCCCCC)COC(=O)CCCCCCCCCCCCCCCCC. The summed E-state index contributed by atoms with van der Waals surface area (Å²) < 4.78 is 24.6. The predicted octanol–water partition coefficient (Wildman–Crippen LogP) is 25.3. The number of carbonyl (C=O) groups excluding carboxylic acids is 3. The maximum absolute atomic E-state index is 13.4. The molecular formula is C76H148O7. The summed E-state index contributed by atoms with van der Waals surface area (Å²) >= 11 is 0. The summed E-state index contributed by atoms with van der Waals surface area (Å²) in [4.78, 5) is 40.2. The maximum Gasteiger partial charge on any atom is 0.305 e. The zero-order valence-corrected chi connectivity index (χ0v) is 56.9. The fourth-order valence-electron chi connectivity index (χ4n) is 12.0. The van der Waals surface area contributed by atoms with Crippen LogP contribution in [-0.4, -0.2) is 50.9 Å². The van der Waals surface area contributed by atoms with Gasteiger partial charge in [-0.1, -0.05) is 387 Å². The third kappa shape index (κ3) is 64.7. The van der Waals surface area contributed by atoms with E-state index in [1.807, 2.05) is 0 Å². The standard InChI is InChI=1S/C76H148O7/c1-5-9-13-17-21-25-29-33-37-41-45-49-53-57-61-65-73(77)81-70-76(69-80-68-64-60-56-52-48-44-40-36-32-28-24-20-16-12-8-4,71-82-74(78)66-62-58-54-50-46-42-38-34-30-26-22-18-14-10-6-2)72-83-75(79)67-63-59-55-51-47-43-39-35-31-27-23-19-15-11-7-3/h5-72H2,1-4H3. The molecule has 0 heterocycles. The fourth-order valence-corrected chi connectivity index (χ4v) is 12.0. The topological polar surface area (TPSA) is 88.1 Å². The predicted molar refractivity (Wildman–Crippen MR) is 360 cm³/mol. The van der Waals surface area contributed by atoms with Crippen LogP contribution < -0.4 is 0 Å². The van der Waals surface area contributed by atoms with Crippen molar-refractivity contribution in [3.05, 3.63) is 0 Å². The van der Waals surface area contributed by atoms with E-state index < -0.39 is 5.41 Å². The highest BCUT2D eigenvalue weighted by Crippen LogP contribution is 2.25. The van der Waals surface area contributed by atoms with E-state index in [0.29, 0.717) is 25.9 Å². The Balaban J connectivity index is 5.29. The Morgan fingerprint density at radius 2 is 0.361 bits per heavy atom. The van der Waals surface area contributed by atoms with Gasteiger partial charge < -0.3 is 18.9 Å². The lowest BCUT2D eigenvalue weighted by atomic mass is 9.92. The molecule has 494 valence electrons. The van der Waals surface area contributed by atoms with Crippen LogP contribution in [0.15, 0.2) is 0 Å². The summed E-state index contributed by atoms with van der Waals surface area (Å²) in [6, 6.07) is 0. The second-order valence-electron chi connectivity index (χ2n) is 26.6. The minimum Gasteiger partial charge on any atom is -0.465 e. The van der Waals surface area contributed by atoms with Gasteiger partial charge in [0.05, 0.1) is 12.0 Å². The molecule has 0 aromatic rings. The molecule has 0 aromatic heterocycles. The maximum atomic E-state index is 13.4. The Bertz CT molecular complexity index is 1160. The molecule has 0 atom stereocenters. The number of esters is 3. The minimum absolute atomic E-state index is 0.00189. The molecule has 0 spiro atoms. The van der Waals surface area contributed by atoms with Gasteiger partial charge in [0.1, 0.15) is 19.8 Å². The van der Waals surface area contributed by atoms with Gasteiger partial charge in [-0.2, -0.15) is 0 Å². The molecule has 0 bridgehead atoms. The van der Waals surface area contributed by atoms with Gasteiger partial charge in [0.15, 0.2) is 0 Å². The monoisotopic (exact) mass is 1170 g/mol. The molecule has 0 radical (unpaired) electrons. The first-order valence-corrected chi connectivity index (χ1v) is 38.0. The molecule has 7 heteroatoms. The Morgan fingerprint density at radius 3 is 0.542 bits per heavy atom. The number of carbonyl (C=O) groups is 3. The van der Waals surface area contributed by atoms with Crippen molar-refractivity contribution in [1.29, 1.82) is 0 Å². The van der Waals surface area contributed by atoms with E-state index in [-0.39, 0.29) is 44.3 Å². The van der Waals surface area contributed by atoms with Gasteiger partial charge in [-0.3, -0.25) is 14.4 Å². The summed E-state index contributed by atoms with van der Waals surface area (Å²) in [5.41, 5.74) is -0.963. The lowest BCUT2D eigenvalue weighted by molar-refractivity contribution is -0.167. The molecule has 0 rings (SSSR count). The largest absolute Gasteiger partial charge is 0.465 e.